The quantitative estimate of drug-likeness (QED) is 0.869. The van der Waals surface area contributed by atoms with Crippen LogP contribution < -0.4 is 11.1 Å². The van der Waals surface area contributed by atoms with E-state index in [0.29, 0.717) is 12.0 Å². The molecule has 19 heavy (non-hydrogen) atoms. The molecule has 4 unspecified atom stereocenters. The lowest BCUT2D eigenvalue weighted by Gasteiger charge is -2.47. The second kappa shape index (κ2) is 6.06. The van der Waals surface area contributed by atoms with Crippen LogP contribution in [0.1, 0.15) is 51.6 Å². The molecule has 0 spiro atoms. The molecule has 0 saturated heterocycles. The monoisotopic (exact) mass is 260 g/mol. The molecule has 1 aromatic rings. The normalized spacial score (nSPS) is 33.1. The van der Waals surface area contributed by atoms with Gasteiger partial charge in [-0.2, -0.15) is 0 Å². The number of hydrogen-bond acceptors (Lipinski definition) is 2. The van der Waals surface area contributed by atoms with Crippen molar-refractivity contribution in [3.8, 4) is 0 Å². The van der Waals surface area contributed by atoms with Crippen molar-refractivity contribution in [3.05, 3.63) is 35.9 Å². The third kappa shape index (κ3) is 3.01. The van der Waals surface area contributed by atoms with E-state index in [2.05, 4.69) is 56.4 Å². The maximum Gasteiger partial charge on any atom is 0.0337 e. The van der Waals surface area contributed by atoms with Crippen molar-refractivity contribution in [1.29, 1.82) is 0 Å². The van der Waals surface area contributed by atoms with Crippen LogP contribution in [0.2, 0.25) is 0 Å². The van der Waals surface area contributed by atoms with E-state index < -0.39 is 0 Å². The molecular weight excluding hydrogens is 232 g/mol. The third-order valence-corrected chi connectivity index (χ3v) is 5.18. The van der Waals surface area contributed by atoms with Crippen molar-refractivity contribution in [2.75, 3.05) is 6.54 Å². The van der Waals surface area contributed by atoms with Crippen molar-refractivity contribution in [3.63, 3.8) is 0 Å². The van der Waals surface area contributed by atoms with Crippen LogP contribution in [0, 0.1) is 11.8 Å². The minimum absolute atomic E-state index is 0.104. The summed E-state index contributed by atoms with van der Waals surface area (Å²) in [5.74, 6) is 1.39. The second-order valence-electron chi connectivity index (χ2n) is 6.30. The molecule has 0 amide bonds. The van der Waals surface area contributed by atoms with E-state index in [9.17, 15) is 0 Å². The highest BCUT2D eigenvalue weighted by molar-refractivity contribution is 5.19. The van der Waals surface area contributed by atoms with Crippen molar-refractivity contribution < 1.29 is 0 Å². The van der Waals surface area contributed by atoms with E-state index >= 15 is 0 Å². The Kier molecular flexibility index (Phi) is 4.64. The predicted octanol–water partition coefficient (Wildman–Crippen LogP) is 3.49. The highest BCUT2D eigenvalue weighted by Gasteiger charge is 2.41. The SMILES string of the molecule is CC(NC1(CN)CCCC(C)C1C)c1ccccc1. The Morgan fingerprint density at radius 1 is 1.32 bits per heavy atom. The number of nitrogens with one attached hydrogen (secondary N) is 1. The molecule has 0 radical (unpaired) electrons. The Balaban J connectivity index is 2.14. The molecule has 1 aliphatic rings. The highest BCUT2D eigenvalue weighted by atomic mass is 15.0. The first-order valence-electron chi connectivity index (χ1n) is 7.62. The zero-order valence-electron chi connectivity index (χ0n) is 12.5. The fourth-order valence-corrected chi connectivity index (χ4v) is 3.57. The summed E-state index contributed by atoms with van der Waals surface area (Å²) in [6.07, 6.45) is 3.83. The van der Waals surface area contributed by atoms with Crippen LogP contribution >= 0.6 is 0 Å². The van der Waals surface area contributed by atoms with Crippen LogP contribution in [0.4, 0.5) is 0 Å². The minimum atomic E-state index is 0.104. The number of hydrogen-bond donors (Lipinski definition) is 2. The molecule has 3 N–H and O–H groups in total. The molecule has 1 fully saturated rings. The third-order valence-electron chi connectivity index (χ3n) is 5.18. The summed E-state index contributed by atoms with van der Waals surface area (Å²) in [6, 6.07) is 11.0. The van der Waals surface area contributed by atoms with Crippen LogP contribution in [0.15, 0.2) is 30.3 Å². The molecule has 2 rings (SSSR count). The molecule has 1 aliphatic carbocycles. The first-order valence-corrected chi connectivity index (χ1v) is 7.62. The Hall–Kier alpha value is -0.860. The fourth-order valence-electron chi connectivity index (χ4n) is 3.57. The number of nitrogens with two attached hydrogens (primary N) is 1. The van der Waals surface area contributed by atoms with E-state index in [0.717, 1.165) is 12.5 Å². The van der Waals surface area contributed by atoms with Gasteiger partial charge < -0.3 is 11.1 Å². The van der Waals surface area contributed by atoms with E-state index in [-0.39, 0.29) is 5.54 Å². The fraction of sp³-hybridized carbons (Fsp3) is 0.647. The maximum absolute atomic E-state index is 6.15. The molecule has 0 aliphatic heterocycles. The molecule has 2 nitrogen and oxygen atoms in total. The summed E-state index contributed by atoms with van der Waals surface area (Å²) in [5, 5.41) is 3.85. The van der Waals surface area contributed by atoms with Gasteiger partial charge in [0.05, 0.1) is 0 Å². The largest absolute Gasteiger partial charge is 0.329 e. The molecule has 0 heterocycles. The van der Waals surface area contributed by atoms with E-state index in [1.54, 1.807) is 0 Å². The Morgan fingerprint density at radius 3 is 2.63 bits per heavy atom. The standard InChI is InChI=1S/C17H28N2/c1-13-8-7-11-17(12-18,14(13)2)19-15(3)16-9-5-4-6-10-16/h4-6,9-10,13-15,19H,7-8,11-12,18H2,1-3H3. The van der Waals surface area contributed by atoms with Crippen molar-refractivity contribution in [2.24, 2.45) is 17.6 Å². The maximum atomic E-state index is 6.15. The lowest BCUT2D eigenvalue weighted by atomic mass is 9.68. The molecule has 0 aromatic heterocycles. The molecule has 106 valence electrons. The molecule has 1 saturated carbocycles. The average Bonchev–Trinajstić information content (AvgIpc) is 2.45. The van der Waals surface area contributed by atoms with Crippen LogP contribution in [0.25, 0.3) is 0 Å². The Labute approximate surface area is 117 Å². The van der Waals surface area contributed by atoms with Gasteiger partial charge in [-0.15, -0.1) is 0 Å². The summed E-state index contributed by atoms with van der Waals surface area (Å²) in [6.45, 7) is 7.71. The van der Waals surface area contributed by atoms with Gasteiger partial charge >= 0.3 is 0 Å². The molecule has 1 aromatic carbocycles. The van der Waals surface area contributed by atoms with Crippen LogP contribution in [-0.2, 0) is 0 Å². The van der Waals surface area contributed by atoms with E-state index in [1.165, 1.54) is 24.8 Å². The Morgan fingerprint density at radius 2 is 2.00 bits per heavy atom. The van der Waals surface area contributed by atoms with Crippen molar-refractivity contribution >= 4 is 0 Å². The molecule has 0 bridgehead atoms. The zero-order valence-corrected chi connectivity index (χ0v) is 12.5. The van der Waals surface area contributed by atoms with Crippen molar-refractivity contribution in [1.82, 2.24) is 5.32 Å². The van der Waals surface area contributed by atoms with Crippen LogP contribution in [0.5, 0.6) is 0 Å². The number of rotatable bonds is 4. The first-order chi connectivity index (χ1) is 9.09. The van der Waals surface area contributed by atoms with Crippen molar-refractivity contribution in [2.45, 2.75) is 51.6 Å². The molecular formula is C17H28N2. The van der Waals surface area contributed by atoms with E-state index in [1.807, 2.05) is 0 Å². The summed E-state index contributed by atoms with van der Waals surface area (Å²) in [5.41, 5.74) is 7.61. The summed E-state index contributed by atoms with van der Waals surface area (Å²) in [4.78, 5) is 0. The summed E-state index contributed by atoms with van der Waals surface area (Å²) in [7, 11) is 0. The minimum Gasteiger partial charge on any atom is -0.329 e. The van der Waals surface area contributed by atoms with Gasteiger partial charge in [0.2, 0.25) is 0 Å². The lowest BCUT2D eigenvalue weighted by molar-refractivity contribution is 0.101. The topological polar surface area (TPSA) is 38.0 Å². The van der Waals surface area contributed by atoms with Gasteiger partial charge in [0.25, 0.3) is 0 Å². The highest BCUT2D eigenvalue weighted by Crippen LogP contribution is 2.38. The summed E-state index contributed by atoms with van der Waals surface area (Å²) >= 11 is 0. The Bertz CT molecular complexity index is 390. The second-order valence-corrected chi connectivity index (χ2v) is 6.30. The first kappa shape index (κ1) is 14.5. The predicted molar refractivity (Wildman–Crippen MR) is 82.0 cm³/mol. The van der Waals surface area contributed by atoms with Gasteiger partial charge in [-0.25, -0.2) is 0 Å². The smallest absolute Gasteiger partial charge is 0.0337 e. The number of benzene rings is 1. The molecule has 4 atom stereocenters. The summed E-state index contributed by atoms with van der Waals surface area (Å²) < 4.78 is 0. The van der Waals surface area contributed by atoms with Gasteiger partial charge in [0.15, 0.2) is 0 Å². The zero-order chi connectivity index (χ0) is 13.9. The van der Waals surface area contributed by atoms with Gasteiger partial charge in [-0.05, 0) is 30.7 Å². The van der Waals surface area contributed by atoms with Gasteiger partial charge in [0.1, 0.15) is 0 Å². The molecule has 2 heteroatoms. The van der Waals surface area contributed by atoms with E-state index in [4.69, 9.17) is 5.73 Å². The van der Waals surface area contributed by atoms with Crippen LogP contribution in [0.3, 0.4) is 0 Å². The van der Waals surface area contributed by atoms with Gasteiger partial charge in [-0.1, -0.05) is 57.0 Å². The van der Waals surface area contributed by atoms with Gasteiger partial charge in [0, 0.05) is 18.1 Å². The lowest BCUT2D eigenvalue weighted by Crippen LogP contribution is -2.59. The average molecular weight is 260 g/mol. The van der Waals surface area contributed by atoms with Gasteiger partial charge in [-0.3, -0.25) is 0 Å². The van der Waals surface area contributed by atoms with Crippen LogP contribution in [-0.4, -0.2) is 12.1 Å².